The van der Waals surface area contributed by atoms with Crippen LogP contribution in [0, 0.1) is 0 Å². The average Bonchev–Trinajstić information content (AvgIpc) is 2.54. The third-order valence-electron chi connectivity index (χ3n) is 1.51. The van der Waals surface area contributed by atoms with Crippen LogP contribution in [0.5, 0.6) is 0 Å². The Bertz CT molecular complexity index is 247. The molecule has 0 fully saturated rings. The third-order valence-corrected chi connectivity index (χ3v) is 1.51. The highest BCUT2D eigenvalue weighted by atomic mass is 19.3. The van der Waals surface area contributed by atoms with E-state index in [4.69, 9.17) is 0 Å². The van der Waals surface area contributed by atoms with Crippen LogP contribution in [0.15, 0.2) is 11.8 Å². The summed E-state index contributed by atoms with van der Waals surface area (Å²) in [5.74, 6) is -7.25. The number of hydrogen-bond acceptors (Lipinski definition) is 2. The molecule has 0 aromatic carbocycles. The van der Waals surface area contributed by atoms with Crippen molar-refractivity contribution >= 4 is 5.78 Å². The molecule has 6 heteroatoms. The van der Waals surface area contributed by atoms with Gasteiger partial charge in [-0.1, -0.05) is 0 Å². The molecule has 0 bridgehead atoms. The van der Waals surface area contributed by atoms with Crippen molar-refractivity contribution in [1.29, 1.82) is 0 Å². The summed E-state index contributed by atoms with van der Waals surface area (Å²) >= 11 is 0. The van der Waals surface area contributed by atoms with Gasteiger partial charge in [-0.05, 0) is 6.08 Å². The second-order valence-corrected chi connectivity index (χ2v) is 2.46. The maximum absolute atomic E-state index is 12.4. The molecule has 0 saturated carbocycles. The van der Waals surface area contributed by atoms with Gasteiger partial charge in [-0.25, -0.2) is 8.78 Å². The van der Waals surface area contributed by atoms with Crippen molar-refractivity contribution in [3.05, 3.63) is 11.8 Å². The highest BCUT2D eigenvalue weighted by molar-refractivity contribution is 5.99. The molecule has 13 heavy (non-hydrogen) atoms. The van der Waals surface area contributed by atoms with Gasteiger partial charge >= 0.3 is 12.3 Å². The zero-order valence-electron chi connectivity index (χ0n) is 6.40. The molecule has 1 aliphatic heterocycles. The second kappa shape index (κ2) is 3.35. The minimum atomic E-state index is -4.64. The Morgan fingerprint density at radius 2 is 2.15 bits per heavy atom. The molecule has 1 rings (SSSR count). The van der Waals surface area contributed by atoms with E-state index < -0.39 is 23.9 Å². The third kappa shape index (κ3) is 1.81. The molecule has 74 valence electrons. The van der Waals surface area contributed by atoms with Crippen molar-refractivity contribution in [3.8, 4) is 0 Å². The molecule has 0 amide bonds. The van der Waals surface area contributed by atoms with Crippen molar-refractivity contribution in [1.82, 2.24) is 0 Å². The highest BCUT2D eigenvalue weighted by Gasteiger charge is 2.51. The molecule has 0 unspecified atom stereocenters. The number of carbonyl (C=O) groups is 1. The van der Waals surface area contributed by atoms with E-state index in [-0.39, 0.29) is 6.61 Å². The number of rotatable bonds is 3. The zero-order valence-corrected chi connectivity index (χ0v) is 6.40. The molecular formula is C7H6F4O2. The van der Waals surface area contributed by atoms with Gasteiger partial charge in [-0.3, -0.25) is 4.79 Å². The molecule has 1 heterocycles. The van der Waals surface area contributed by atoms with Crippen LogP contribution in [0.25, 0.3) is 0 Å². The van der Waals surface area contributed by atoms with Crippen molar-refractivity contribution in [3.63, 3.8) is 0 Å². The quantitative estimate of drug-likeness (QED) is 0.646. The van der Waals surface area contributed by atoms with E-state index in [2.05, 4.69) is 4.74 Å². The fourth-order valence-electron chi connectivity index (χ4n) is 0.839. The Morgan fingerprint density at radius 1 is 1.54 bits per heavy atom. The fourth-order valence-corrected chi connectivity index (χ4v) is 0.839. The molecule has 0 aliphatic carbocycles. The topological polar surface area (TPSA) is 26.3 Å². The highest BCUT2D eigenvalue weighted by Crippen LogP contribution is 2.28. The van der Waals surface area contributed by atoms with Crippen LogP contribution in [-0.4, -0.2) is 24.7 Å². The van der Waals surface area contributed by atoms with Gasteiger partial charge in [0.25, 0.3) is 5.78 Å². The molecule has 0 aromatic rings. The van der Waals surface area contributed by atoms with Gasteiger partial charge < -0.3 is 4.74 Å². The maximum Gasteiger partial charge on any atom is 0.372 e. The summed E-state index contributed by atoms with van der Waals surface area (Å²) in [5, 5.41) is 0. The molecule has 0 saturated heterocycles. The minimum Gasteiger partial charge on any atom is -0.490 e. The smallest absolute Gasteiger partial charge is 0.372 e. The minimum absolute atomic E-state index is 0.0837. The Hall–Kier alpha value is -1.07. The Morgan fingerprint density at radius 3 is 2.54 bits per heavy atom. The number of alkyl halides is 4. The maximum atomic E-state index is 12.4. The summed E-state index contributed by atoms with van der Waals surface area (Å²) in [7, 11) is 0. The first-order chi connectivity index (χ1) is 5.96. The fraction of sp³-hybridized carbons (Fsp3) is 0.571. The van der Waals surface area contributed by atoms with Crippen LogP contribution in [0.3, 0.4) is 0 Å². The summed E-state index contributed by atoms with van der Waals surface area (Å²) in [5.41, 5.74) is 0. The predicted octanol–water partition coefficient (Wildman–Crippen LogP) is 1.76. The van der Waals surface area contributed by atoms with Gasteiger partial charge in [0, 0.05) is 6.42 Å². The first kappa shape index (κ1) is 10.0. The number of halogens is 4. The Kier molecular flexibility index (Phi) is 2.58. The summed E-state index contributed by atoms with van der Waals surface area (Å²) in [6.07, 6.45) is -2.62. The SMILES string of the molecule is O=C(C1=CCCO1)C(F)(F)C(F)F. The number of hydrogen-bond donors (Lipinski definition) is 0. The van der Waals surface area contributed by atoms with Crippen LogP contribution in [0.2, 0.25) is 0 Å². The number of allylic oxidation sites excluding steroid dienone is 1. The summed E-state index contributed by atoms with van der Waals surface area (Å²) in [6, 6.07) is 0. The van der Waals surface area contributed by atoms with Crippen LogP contribution in [0.4, 0.5) is 17.6 Å². The van der Waals surface area contributed by atoms with Crippen LogP contribution in [-0.2, 0) is 9.53 Å². The van der Waals surface area contributed by atoms with E-state index in [1.165, 1.54) is 0 Å². The molecule has 0 aromatic heterocycles. The lowest BCUT2D eigenvalue weighted by molar-refractivity contribution is -0.165. The number of ether oxygens (including phenoxy) is 1. The largest absolute Gasteiger partial charge is 0.490 e. The summed E-state index contributed by atoms with van der Waals surface area (Å²) < 4.78 is 52.5. The van der Waals surface area contributed by atoms with Gasteiger partial charge in [-0.15, -0.1) is 0 Å². The Labute approximate surface area is 71.2 Å². The molecule has 2 nitrogen and oxygen atoms in total. The molecule has 0 N–H and O–H groups in total. The van der Waals surface area contributed by atoms with Crippen molar-refractivity contribution < 1.29 is 27.1 Å². The standard InChI is InChI=1S/C7H6F4O2/c8-6(9)7(10,11)5(12)4-2-1-3-13-4/h2,6H,1,3H2. The number of Topliss-reactive ketones (excluding diaryl/α,β-unsaturated/α-hetero) is 1. The normalized spacial score (nSPS) is 17.2. The van der Waals surface area contributed by atoms with Crippen LogP contribution >= 0.6 is 0 Å². The van der Waals surface area contributed by atoms with E-state index in [9.17, 15) is 22.4 Å². The number of carbonyl (C=O) groups excluding carboxylic acids is 1. The second-order valence-electron chi connectivity index (χ2n) is 2.46. The Balaban J connectivity index is 2.77. The van der Waals surface area contributed by atoms with E-state index >= 15 is 0 Å². The lowest BCUT2D eigenvalue weighted by Crippen LogP contribution is -2.37. The van der Waals surface area contributed by atoms with Crippen LogP contribution < -0.4 is 0 Å². The van der Waals surface area contributed by atoms with Gasteiger partial charge in [0.1, 0.15) is 0 Å². The number of ketones is 1. The molecule has 0 spiro atoms. The monoisotopic (exact) mass is 198 g/mol. The van der Waals surface area contributed by atoms with Crippen molar-refractivity contribution in [2.24, 2.45) is 0 Å². The van der Waals surface area contributed by atoms with Crippen LogP contribution in [0.1, 0.15) is 6.42 Å². The molecule has 0 atom stereocenters. The first-order valence-electron chi connectivity index (χ1n) is 3.50. The summed E-state index contributed by atoms with van der Waals surface area (Å²) in [6.45, 7) is 0.0837. The van der Waals surface area contributed by atoms with E-state index in [1.807, 2.05) is 0 Å². The van der Waals surface area contributed by atoms with E-state index in [0.717, 1.165) is 6.08 Å². The average molecular weight is 198 g/mol. The molecule has 0 radical (unpaired) electrons. The lowest BCUT2D eigenvalue weighted by Gasteiger charge is -2.13. The molecular weight excluding hydrogens is 192 g/mol. The van der Waals surface area contributed by atoms with Crippen molar-refractivity contribution in [2.45, 2.75) is 18.8 Å². The van der Waals surface area contributed by atoms with E-state index in [0.29, 0.717) is 6.42 Å². The zero-order chi connectivity index (χ0) is 10.1. The van der Waals surface area contributed by atoms with Gasteiger partial charge in [0.15, 0.2) is 5.76 Å². The first-order valence-corrected chi connectivity index (χ1v) is 3.50. The van der Waals surface area contributed by atoms with Gasteiger partial charge in [0.05, 0.1) is 6.61 Å². The molecule has 1 aliphatic rings. The van der Waals surface area contributed by atoms with Gasteiger partial charge in [-0.2, -0.15) is 8.78 Å². The lowest BCUT2D eigenvalue weighted by atomic mass is 10.2. The predicted molar refractivity (Wildman–Crippen MR) is 34.6 cm³/mol. The van der Waals surface area contributed by atoms with Gasteiger partial charge in [0.2, 0.25) is 0 Å². The van der Waals surface area contributed by atoms with Crippen molar-refractivity contribution in [2.75, 3.05) is 6.61 Å². The summed E-state index contributed by atoms with van der Waals surface area (Å²) in [4.78, 5) is 10.7. The van der Waals surface area contributed by atoms with E-state index in [1.54, 1.807) is 0 Å².